The summed E-state index contributed by atoms with van der Waals surface area (Å²) in [6.07, 6.45) is 0.0832. The lowest BCUT2D eigenvalue weighted by atomic mass is 10.0. The molecule has 3 aromatic rings. The maximum atomic E-state index is 12.1. The monoisotopic (exact) mass is 423 g/mol. The molecule has 0 fully saturated rings. The summed E-state index contributed by atoms with van der Waals surface area (Å²) in [5, 5.41) is 2.70. The lowest BCUT2D eigenvalue weighted by molar-refractivity contribution is -0.129. The van der Waals surface area contributed by atoms with Crippen molar-refractivity contribution in [1.29, 1.82) is 0 Å². The van der Waals surface area contributed by atoms with Crippen LogP contribution in [0.15, 0.2) is 53.9 Å². The summed E-state index contributed by atoms with van der Waals surface area (Å²) in [6.45, 7) is 5.93. The first-order chi connectivity index (χ1) is 14.4. The van der Waals surface area contributed by atoms with E-state index in [1.807, 2.05) is 60.8 Å². The molecular weight excluding hydrogens is 398 g/mol. The zero-order valence-electron chi connectivity index (χ0n) is 17.3. The van der Waals surface area contributed by atoms with Gasteiger partial charge in [-0.2, -0.15) is 0 Å². The van der Waals surface area contributed by atoms with Gasteiger partial charge >= 0.3 is 0 Å². The van der Waals surface area contributed by atoms with Crippen LogP contribution in [0.3, 0.4) is 0 Å². The van der Waals surface area contributed by atoms with Crippen molar-refractivity contribution in [2.75, 3.05) is 6.61 Å². The van der Waals surface area contributed by atoms with E-state index in [-0.39, 0.29) is 24.9 Å². The lowest BCUT2D eigenvalue weighted by Crippen LogP contribution is -2.44. The second-order valence-electron chi connectivity index (χ2n) is 7.27. The van der Waals surface area contributed by atoms with Gasteiger partial charge in [-0.3, -0.25) is 20.4 Å². The Morgan fingerprint density at radius 3 is 2.53 bits per heavy atom. The molecule has 1 aromatic heterocycles. The second kappa shape index (κ2) is 10.0. The van der Waals surface area contributed by atoms with Gasteiger partial charge in [0.1, 0.15) is 10.8 Å². The maximum Gasteiger partial charge on any atom is 0.276 e. The molecule has 7 heteroatoms. The van der Waals surface area contributed by atoms with Crippen LogP contribution in [0.5, 0.6) is 5.75 Å². The molecule has 1 heterocycles. The smallest absolute Gasteiger partial charge is 0.276 e. The van der Waals surface area contributed by atoms with Crippen LogP contribution in [0.2, 0.25) is 0 Å². The molecule has 0 radical (unpaired) electrons. The first-order valence-electron chi connectivity index (χ1n) is 9.73. The molecule has 0 aliphatic rings. The Labute approximate surface area is 180 Å². The summed E-state index contributed by atoms with van der Waals surface area (Å²) < 4.78 is 5.67. The summed E-state index contributed by atoms with van der Waals surface area (Å²) in [4.78, 5) is 28.7. The quantitative estimate of drug-likeness (QED) is 0.563. The van der Waals surface area contributed by atoms with Gasteiger partial charge in [-0.1, -0.05) is 56.3 Å². The van der Waals surface area contributed by atoms with Gasteiger partial charge in [-0.15, -0.1) is 11.3 Å². The van der Waals surface area contributed by atoms with Crippen molar-refractivity contribution < 1.29 is 14.3 Å². The van der Waals surface area contributed by atoms with E-state index in [0.29, 0.717) is 11.4 Å². The van der Waals surface area contributed by atoms with E-state index in [0.717, 1.165) is 21.7 Å². The molecule has 156 valence electrons. The van der Waals surface area contributed by atoms with Crippen LogP contribution in [0.4, 0.5) is 0 Å². The van der Waals surface area contributed by atoms with Gasteiger partial charge in [0.15, 0.2) is 6.61 Å². The summed E-state index contributed by atoms with van der Waals surface area (Å²) >= 11 is 1.48. The van der Waals surface area contributed by atoms with Crippen molar-refractivity contribution in [3.63, 3.8) is 0 Å². The number of hydrogen-bond acceptors (Lipinski definition) is 5. The molecule has 0 spiro atoms. The third-order valence-electron chi connectivity index (χ3n) is 4.41. The minimum atomic E-state index is -0.428. The van der Waals surface area contributed by atoms with Crippen molar-refractivity contribution >= 4 is 23.2 Å². The highest BCUT2D eigenvalue weighted by Gasteiger charge is 2.12. The van der Waals surface area contributed by atoms with Gasteiger partial charge in [0.25, 0.3) is 5.91 Å². The van der Waals surface area contributed by atoms with Gasteiger partial charge in [0, 0.05) is 10.9 Å². The van der Waals surface area contributed by atoms with Crippen molar-refractivity contribution in [1.82, 2.24) is 15.8 Å². The molecule has 0 saturated carbocycles. The number of aryl methyl sites for hydroxylation is 1. The fraction of sp³-hybridized carbons (Fsp3) is 0.261. The number of aromatic nitrogens is 1. The van der Waals surface area contributed by atoms with E-state index >= 15 is 0 Å². The number of carbonyl (C=O) groups excluding carboxylic acids is 2. The largest absolute Gasteiger partial charge is 0.483 e. The lowest BCUT2D eigenvalue weighted by Gasteiger charge is -2.15. The van der Waals surface area contributed by atoms with E-state index in [1.165, 1.54) is 11.3 Å². The Bertz CT molecular complexity index is 1020. The Balaban J connectivity index is 1.47. The molecule has 0 bridgehead atoms. The number of benzene rings is 2. The molecule has 0 saturated heterocycles. The third kappa shape index (κ3) is 5.90. The fourth-order valence-electron chi connectivity index (χ4n) is 2.87. The molecule has 0 unspecified atom stereocenters. The first kappa shape index (κ1) is 21.5. The predicted octanol–water partition coefficient (Wildman–Crippen LogP) is 4.01. The molecule has 0 aliphatic carbocycles. The molecule has 3 rings (SSSR count). The second-order valence-corrected chi connectivity index (χ2v) is 8.13. The summed E-state index contributed by atoms with van der Waals surface area (Å²) in [5.74, 6) is 0.194. The number of nitrogens with zero attached hydrogens (tertiary/aromatic N) is 1. The summed E-state index contributed by atoms with van der Waals surface area (Å²) in [6, 6.07) is 15.7. The zero-order valence-corrected chi connectivity index (χ0v) is 18.1. The van der Waals surface area contributed by atoms with Crippen molar-refractivity contribution in [3.05, 3.63) is 70.7 Å². The normalized spacial score (nSPS) is 10.7. The van der Waals surface area contributed by atoms with Crippen LogP contribution < -0.4 is 15.6 Å². The number of rotatable bonds is 7. The Hall–Kier alpha value is -3.19. The van der Waals surface area contributed by atoms with Crippen LogP contribution in [-0.2, 0) is 16.0 Å². The highest BCUT2D eigenvalue weighted by Crippen LogP contribution is 2.27. The van der Waals surface area contributed by atoms with Gasteiger partial charge < -0.3 is 4.74 Å². The average Bonchev–Trinajstić information content (AvgIpc) is 3.19. The molecule has 6 nitrogen and oxygen atoms in total. The number of carbonyl (C=O) groups is 2. The van der Waals surface area contributed by atoms with Gasteiger partial charge in [0.2, 0.25) is 5.91 Å². The molecule has 30 heavy (non-hydrogen) atoms. The minimum absolute atomic E-state index is 0.0832. The van der Waals surface area contributed by atoms with Crippen LogP contribution in [0.1, 0.15) is 36.6 Å². The molecule has 2 N–H and O–H groups in total. The highest BCUT2D eigenvalue weighted by molar-refractivity contribution is 7.13. The Morgan fingerprint density at radius 1 is 1.07 bits per heavy atom. The molecular formula is C23H25N3O3S. The number of hydrogen-bond donors (Lipinski definition) is 2. The van der Waals surface area contributed by atoms with Crippen molar-refractivity contribution in [3.8, 4) is 16.3 Å². The van der Waals surface area contributed by atoms with E-state index in [4.69, 9.17) is 4.74 Å². The van der Waals surface area contributed by atoms with Gasteiger partial charge in [-0.05, 0) is 30.0 Å². The number of amides is 2. The van der Waals surface area contributed by atoms with Gasteiger partial charge in [-0.25, -0.2) is 4.98 Å². The SMILES string of the molecule is Cc1ccc(C(C)C)c(OCC(=O)NNC(=O)Cc2csc(-c3ccccc3)n2)c1. The Kier molecular flexibility index (Phi) is 7.19. The molecule has 0 atom stereocenters. The summed E-state index contributed by atoms with van der Waals surface area (Å²) in [7, 11) is 0. The van der Waals surface area contributed by atoms with Crippen molar-refractivity contribution in [2.24, 2.45) is 0 Å². The van der Waals surface area contributed by atoms with Crippen LogP contribution in [0, 0.1) is 6.92 Å². The average molecular weight is 424 g/mol. The molecule has 0 aliphatic heterocycles. The van der Waals surface area contributed by atoms with Crippen molar-refractivity contribution in [2.45, 2.75) is 33.1 Å². The highest BCUT2D eigenvalue weighted by atomic mass is 32.1. The van der Waals surface area contributed by atoms with Crippen LogP contribution in [0.25, 0.3) is 10.6 Å². The predicted molar refractivity (Wildman–Crippen MR) is 118 cm³/mol. The van der Waals surface area contributed by atoms with E-state index < -0.39 is 5.91 Å². The van der Waals surface area contributed by atoms with Crippen LogP contribution >= 0.6 is 11.3 Å². The summed E-state index contributed by atoms with van der Waals surface area (Å²) in [5.41, 5.74) is 8.56. The van der Waals surface area contributed by atoms with Crippen LogP contribution in [-0.4, -0.2) is 23.4 Å². The molecule has 2 amide bonds. The number of ether oxygens (including phenoxy) is 1. The topological polar surface area (TPSA) is 80.3 Å². The third-order valence-corrected chi connectivity index (χ3v) is 5.35. The molecule has 2 aromatic carbocycles. The first-order valence-corrected chi connectivity index (χ1v) is 10.6. The Morgan fingerprint density at radius 2 is 1.80 bits per heavy atom. The van der Waals surface area contributed by atoms with E-state index in [2.05, 4.69) is 29.7 Å². The number of thiazole rings is 1. The maximum absolute atomic E-state index is 12.1. The zero-order chi connectivity index (χ0) is 21.5. The fourth-order valence-corrected chi connectivity index (χ4v) is 3.70. The van der Waals surface area contributed by atoms with Gasteiger partial charge in [0.05, 0.1) is 12.1 Å². The minimum Gasteiger partial charge on any atom is -0.483 e. The number of hydrazine groups is 1. The number of nitrogens with one attached hydrogen (secondary N) is 2. The standard InChI is InChI=1S/C23H25N3O3S/c1-15(2)19-10-9-16(3)11-20(19)29-13-22(28)26-25-21(27)12-18-14-30-23(24-18)17-7-5-4-6-8-17/h4-11,14-15H,12-13H2,1-3H3,(H,25,27)(H,26,28). The van der Waals surface area contributed by atoms with E-state index in [9.17, 15) is 9.59 Å². The van der Waals surface area contributed by atoms with E-state index in [1.54, 1.807) is 0 Å².